The Morgan fingerprint density at radius 3 is 3.10 bits per heavy atom. The number of aromatic nitrogens is 4. The van der Waals surface area contributed by atoms with Crippen LogP contribution in [0.3, 0.4) is 0 Å². The fourth-order valence-corrected chi connectivity index (χ4v) is 3.35. The average Bonchev–Trinajstić information content (AvgIpc) is 3.07. The van der Waals surface area contributed by atoms with Gasteiger partial charge in [-0.2, -0.15) is 4.98 Å². The van der Waals surface area contributed by atoms with Gasteiger partial charge in [0.05, 0.1) is 9.88 Å². The minimum Gasteiger partial charge on any atom is -0.339 e. The number of anilines is 1. The van der Waals surface area contributed by atoms with Gasteiger partial charge in [-0.3, -0.25) is 5.10 Å². The number of nitrogens with zero attached hydrogens (tertiary/aromatic N) is 4. The molecule has 0 aliphatic carbocycles. The summed E-state index contributed by atoms with van der Waals surface area (Å²) in [4.78, 5) is 12.1. The van der Waals surface area contributed by atoms with Crippen LogP contribution in [0, 0.1) is 12.3 Å². The lowest BCUT2D eigenvalue weighted by molar-refractivity contribution is 0.270. The minimum atomic E-state index is 0.167. The van der Waals surface area contributed by atoms with Crippen molar-refractivity contribution in [1.29, 1.82) is 0 Å². The van der Waals surface area contributed by atoms with Gasteiger partial charge in [0.1, 0.15) is 0 Å². The molecule has 20 heavy (non-hydrogen) atoms. The third kappa shape index (κ3) is 2.55. The Balaban J connectivity index is 1.80. The van der Waals surface area contributed by atoms with E-state index in [1.165, 1.54) is 6.42 Å². The Bertz CT molecular complexity index is 591. The van der Waals surface area contributed by atoms with E-state index in [4.69, 9.17) is 5.73 Å². The largest absolute Gasteiger partial charge is 0.339 e. The molecule has 1 aliphatic rings. The normalized spacial score (nSPS) is 23.2. The molecular formula is C13H20N6S. The standard InChI is InChI=1S/C13H20N6S/c1-9-15-6-10(20-9)11-16-12(18-17-11)19-5-3-4-13(2,7-14)8-19/h6H,3-5,7-8,14H2,1-2H3,(H,16,17,18). The lowest BCUT2D eigenvalue weighted by Crippen LogP contribution is -2.46. The molecule has 3 rings (SSSR count). The van der Waals surface area contributed by atoms with E-state index in [1.54, 1.807) is 11.3 Å². The highest BCUT2D eigenvalue weighted by Gasteiger charge is 2.31. The van der Waals surface area contributed by atoms with Gasteiger partial charge in [0.15, 0.2) is 5.82 Å². The second-order valence-corrected chi connectivity index (χ2v) is 7.00. The maximum Gasteiger partial charge on any atom is 0.245 e. The predicted molar refractivity (Wildman–Crippen MR) is 80.8 cm³/mol. The molecule has 2 aromatic heterocycles. The van der Waals surface area contributed by atoms with E-state index < -0.39 is 0 Å². The van der Waals surface area contributed by atoms with Gasteiger partial charge in [0, 0.05) is 19.3 Å². The molecule has 6 nitrogen and oxygen atoms in total. The molecule has 3 heterocycles. The number of piperidine rings is 1. The van der Waals surface area contributed by atoms with E-state index in [9.17, 15) is 0 Å². The topological polar surface area (TPSA) is 83.7 Å². The van der Waals surface area contributed by atoms with Gasteiger partial charge in [-0.05, 0) is 31.7 Å². The summed E-state index contributed by atoms with van der Waals surface area (Å²) in [6, 6.07) is 0. The van der Waals surface area contributed by atoms with Crippen LogP contribution in [-0.2, 0) is 0 Å². The number of aromatic amines is 1. The van der Waals surface area contributed by atoms with Crippen molar-refractivity contribution in [2.75, 3.05) is 24.5 Å². The summed E-state index contributed by atoms with van der Waals surface area (Å²) >= 11 is 1.62. The van der Waals surface area contributed by atoms with E-state index in [0.29, 0.717) is 6.54 Å². The monoisotopic (exact) mass is 292 g/mol. The molecule has 0 spiro atoms. The van der Waals surface area contributed by atoms with Gasteiger partial charge in [-0.25, -0.2) is 4.98 Å². The number of nitrogens with two attached hydrogens (primary N) is 1. The number of hydrogen-bond donors (Lipinski definition) is 2. The number of nitrogens with one attached hydrogen (secondary N) is 1. The maximum atomic E-state index is 5.89. The van der Waals surface area contributed by atoms with Crippen molar-refractivity contribution < 1.29 is 0 Å². The molecule has 7 heteroatoms. The Morgan fingerprint density at radius 2 is 2.40 bits per heavy atom. The third-order valence-corrected chi connectivity index (χ3v) is 4.80. The summed E-state index contributed by atoms with van der Waals surface area (Å²) in [7, 11) is 0. The quantitative estimate of drug-likeness (QED) is 0.901. The zero-order chi connectivity index (χ0) is 14.2. The van der Waals surface area contributed by atoms with Crippen molar-refractivity contribution in [3.05, 3.63) is 11.2 Å². The number of rotatable bonds is 3. The van der Waals surface area contributed by atoms with Crippen LogP contribution in [0.1, 0.15) is 24.8 Å². The van der Waals surface area contributed by atoms with Crippen LogP contribution < -0.4 is 10.6 Å². The number of H-pyrrole nitrogens is 1. The van der Waals surface area contributed by atoms with Crippen LogP contribution in [0.15, 0.2) is 6.20 Å². The Labute approximate surface area is 122 Å². The second kappa shape index (κ2) is 5.14. The second-order valence-electron chi connectivity index (χ2n) is 5.77. The average molecular weight is 292 g/mol. The molecule has 1 unspecified atom stereocenters. The SMILES string of the molecule is Cc1ncc(-c2nc(N3CCCC(C)(CN)C3)n[nH]2)s1. The smallest absolute Gasteiger partial charge is 0.245 e. The fraction of sp³-hybridized carbons (Fsp3) is 0.615. The number of aryl methyl sites for hydroxylation is 1. The number of thiazole rings is 1. The van der Waals surface area contributed by atoms with Crippen molar-refractivity contribution in [2.45, 2.75) is 26.7 Å². The van der Waals surface area contributed by atoms with Crippen molar-refractivity contribution >= 4 is 17.3 Å². The molecule has 0 radical (unpaired) electrons. The van der Waals surface area contributed by atoms with Gasteiger partial charge in [0.2, 0.25) is 5.95 Å². The van der Waals surface area contributed by atoms with Crippen LogP contribution in [0.4, 0.5) is 5.95 Å². The summed E-state index contributed by atoms with van der Waals surface area (Å²) in [5.74, 6) is 1.57. The van der Waals surface area contributed by atoms with Gasteiger partial charge in [-0.1, -0.05) is 6.92 Å². The highest BCUT2D eigenvalue weighted by Crippen LogP contribution is 2.31. The van der Waals surface area contributed by atoms with Crippen LogP contribution in [0.5, 0.6) is 0 Å². The van der Waals surface area contributed by atoms with Crippen LogP contribution in [0.2, 0.25) is 0 Å². The van der Waals surface area contributed by atoms with E-state index in [0.717, 1.165) is 41.2 Å². The van der Waals surface area contributed by atoms with Crippen molar-refractivity contribution in [1.82, 2.24) is 20.2 Å². The summed E-state index contributed by atoms with van der Waals surface area (Å²) in [6.45, 7) is 6.84. The molecule has 1 atom stereocenters. The fourth-order valence-electron chi connectivity index (χ4n) is 2.63. The maximum absolute atomic E-state index is 5.89. The molecule has 1 fully saturated rings. The van der Waals surface area contributed by atoms with E-state index in [-0.39, 0.29) is 5.41 Å². The summed E-state index contributed by atoms with van der Waals surface area (Å²) < 4.78 is 0. The molecule has 108 valence electrons. The first-order valence-electron chi connectivity index (χ1n) is 6.90. The number of hydrogen-bond acceptors (Lipinski definition) is 6. The molecule has 0 amide bonds. The van der Waals surface area contributed by atoms with Crippen molar-refractivity contribution in [3.8, 4) is 10.7 Å². The van der Waals surface area contributed by atoms with Gasteiger partial charge < -0.3 is 10.6 Å². The van der Waals surface area contributed by atoms with E-state index >= 15 is 0 Å². The van der Waals surface area contributed by atoms with E-state index in [1.807, 2.05) is 13.1 Å². The summed E-state index contributed by atoms with van der Waals surface area (Å²) in [5, 5.41) is 8.40. The lowest BCUT2D eigenvalue weighted by Gasteiger charge is -2.39. The molecule has 1 aliphatic heterocycles. The first-order valence-corrected chi connectivity index (χ1v) is 7.71. The van der Waals surface area contributed by atoms with Crippen LogP contribution >= 0.6 is 11.3 Å². The Morgan fingerprint density at radius 1 is 1.55 bits per heavy atom. The Hall–Kier alpha value is -1.47. The summed E-state index contributed by atoms with van der Waals surface area (Å²) in [5.41, 5.74) is 6.06. The van der Waals surface area contributed by atoms with Gasteiger partial charge >= 0.3 is 0 Å². The molecule has 2 aromatic rings. The highest BCUT2D eigenvalue weighted by molar-refractivity contribution is 7.14. The summed E-state index contributed by atoms with van der Waals surface area (Å²) in [6.07, 6.45) is 4.15. The molecule has 3 N–H and O–H groups in total. The highest BCUT2D eigenvalue weighted by atomic mass is 32.1. The molecule has 1 saturated heterocycles. The van der Waals surface area contributed by atoms with Crippen molar-refractivity contribution in [3.63, 3.8) is 0 Å². The zero-order valence-corrected chi connectivity index (χ0v) is 12.7. The van der Waals surface area contributed by atoms with Crippen LogP contribution in [-0.4, -0.2) is 39.8 Å². The first-order chi connectivity index (χ1) is 9.59. The molecule has 0 bridgehead atoms. The van der Waals surface area contributed by atoms with E-state index in [2.05, 4.69) is 32.0 Å². The predicted octanol–water partition coefficient (Wildman–Crippen LogP) is 1.80. The van der Waals surface area contributed by atoms with Crippen LogP contribution in [0.25, 0.3) is 10.7 Å². The first kappa shape index (κ1) is 13.5. The minimum absolute atomic E-state index is 0.167. The molecular weight excluding hydrogens is 272 g/mol. The lowest BCUT2D eigenvalue weighted by atomic mass is 9.82. The van der Waals surface area contributed by atoms with Gasteiger partial charge in [-0.15, -0.1) is 16.4 Å². The molecule has 0 aromatic carbocycles. The Kier molecular flexibility index (Phi) is 3.47. The third-order valence-electron chi connectivity index (χ3n) is 3.88. The molecule has 0 saturated carbocycles. The van der Waals surface area contributed by atoms with Crippen molar-refractivity contribution in [2.24, 2.45) is 11.1 Å². The zero-order valence-electron chi connectivity index (χ0n) is 11.9. The van der Waals surface area contributed by atoms with Gasteiger partial charge in [0.25, 0.3) is 0 Å².